The van der Waals surface area contributed by atoms with Crippen LogP contribution in [0.15, 0.2) is 59.6 Å². The van der Waals surface area contributed by atoms with Gasteiger partial charge >= 0.3 is 0 Å². The molecule has 3 N–H and O–H groups in total. The summed E-state index contributed by atoms with van der Waals surface area (Å²) in [6.07, 6.45) is 0.163. The third-order valence-corrected chi connectivity index (χ3v) is 4.15. The Kier molecular flexibility index (Phi) is 11.8. The second-order valence-corrected chi connectivity index (χ2v) is 6.89. The van der Waals surface area contributed by atoms with Crippen molar-refractivity contribution >= 4 is 29.9 Å². The van der Waals surface area contributed by atoms with Gasteiger partial charge in [-0.3, -0.25) is 0 Å². The summed E-state index contributed by atoms with van der Waals surface area (Å²) in [5.74, 6) is 0.774. The molecule has 0 fully saturated rings. The van der Waals surface area contributed by atoms with E-state index in [1.807, 2.05) is 37.3 Å². The Morgan fingerprint density at radius 2 is 1.75 bits per heavy atom. The predicted molar refractivity (Wildman–Crippen MR) is 128 cm³/mol. The molecule has 6 heteroatoms. The second kappa shape index (κ2) is 13.5. The van der Waals surface area contributed by atoms with Crippen molar-refractivity contribution in [2.75, 3.05) is 27.2 Å². The van der Waals surface area contributed by atoms with E-state index in [4.69, 9.17) is 0 Å². The first kappa shape index (κ1) is 24.4. The molecule has 0 aliphatic carbocycles. The summed E-state index contributed by atoms with van der Waals surface area (Å²) in [5.41, 5.74) is 3.42. The fraction of sp³-hybridized carbons (Fsp3) is 0.409. The standard InChI is InChI=1S/C22H32N4O.HI/c1-4-23-22(24-14-13-21(27)20-11-6-5-7-12-20)25-16-18-9-8-10-19(15-18)17-26(2)3;/h5-12,15,21,27H,4,13-14,16-17H2,1-3H3,(H2,23,24,25);1H. The number of guanidine groups is 1. The van der Waals surface area contributed by atoms with Crippen molar-refractivity contribution in [1.82, 2.24) is 15.5 Å². The molecule has 2 aromatic carbocycles. The smallest absolute Gasteiger partial charge is 0.191 e. The summed E-state index contributed by atoms with van der Waals surface area (Å²) in [6, 6.07) is 18.3. The monoisotopic (exact) mass is 496 g/mol. The SMILES string of the molecule is CCNC(=NCc1cccc(CN(C)C)c1)NCCC(O)c1ccccc1.I. The van der Waals surface area contributed by atoms with E-state index in [-0.39, 0.29) is 24.0 Å². The highest BCUT2D eigenvalue weighted by Crippen LogP contribution is 2.14. The Balaban J connectivity index is 0.00000392. The molecule has 0 spiro atoms. The number of benzene rings is 2. The minimum atomic E-state index is -0.468. The van der Waals surface area contributed by atoms with Crippen molar-refractivity contribution in [3.8, 4) is 0 Å². The van der Waals surface area contributed by atoms with E-state index in [9.17, 15) is 5.11 Å². The highest BCUT2D eigenvalue weighted by atomic mass is 127. The van der Waals surface area contributed by atoms with E-state index in [1.54, 1.807) is 0 Å². The number of aliphatic hydroxyl groups excluding tert-OH is 1. The average Bonchev–Trinajstić information content (AvgIpc) is 2.66. The molecule has 2 rings (SSSR count). The van der Waals surface area contributed by atoms with Gasteiger partial charge in [0.2, 0.25) is 0 Å². The highest BCUT2D eigenvalue weighted by molar-refractivity contribution is 14.0. The Hall–Kier alpha value is -1.64. The summed E-state index contributed by atoms with van der Waals surface area (Å²) in [6.45, 7) is 5.05. The van der Waals surface area contributed by atoms with E-state index >= 15 is 0 Å². The topological polar surface area (TPSA) is 59.9 Å². The van der Waals surface area contributed by atoms with E-state index in [1.165, 1.54) is 11.1 Å². The summed E-state index contributed by atoms with van der Waals surface area (Å²) >= 11 is 0. The van der Waals surface area contributed by atoms with Crippen molar-refractivity contribution in [2.45, 2.75) is 32.5 Å². The van der Waals surface area contributed by atoms with Gasteiger partial charge in [0, 0.05) is 19.6 Å². The summed E-state index contributed by atoms with van der Waals surface area (Å²) in [7, 11) is 4.14. The fourth-order valence-corrected chi connectivity index (χ4v) is 2.87. The molecule has 0 amide bonds. The maximum absolute atomic E-state index is 10.3. The lowest BCUT2D eigenvalue weighted by molar-refractivity contribution is 0.168. The van der Waals surface area contributed by atoms with Gasteiger partial charge in [-0.05, 0) is 44.1 Å². The minimum absolute atomic E-state index is 0. The number of hydrogen-bond donors (Lipinski definition) is 3. The van der Waals surface area contributed by atoms with Crippen molar-refractivity contribution in [3.05, 3.63) is 71.3 Å². The van der Waals surface area contributed by atoms with Gasteiger partial charge in [-0.1, -0.05) is 54.6 Å². The maximum atomic E-state index is 10.3. The van der Waals surface area contributed by atoms with Crippen molar-refractivity contribution in [2.24, 2.45) is 4.99 Å². The van der Waals surface area contributed by atoms with Crippen molar-refractivity contribution in [3.63, 3.8) is 0 Å². The van der Waals surface area contributed by atoms with Crippen LogP contribution in [0.5, 0.6) is 0 Å². The van der Waals surface area contributed by atoms with Crippen molar-refractivity contribution < 1.29 is 5.11 Å². The zero-order valence-electron chi connectivity index (χ0n) is 17.1. The normalized spacial score (nSPS) is 12.4. The number of nitrogens with one attached hydrogen (secondary N) is 2. The van der Waals surface area contributed by atoms with Gasteiger partial charge in [0.15, 0.2) is 5.96 Å². The molecule has 28 heavy (non-hydrogen) atoms. The molecule has 0 aromatic heterocycles. The molecule has 0 saturated heterocycles. The van der Waals surface area contributed by atoms with Crippen LogP contribution in [0.4, 0.5) is 0 Å². The highest BCUT2D eigenvalue weighted by Gasteiger charge is 2.07. The van der Waals surface area contributed by atoms with E-state index < -0.39 is 6.10 Å². The van der Waals surface area contributed by atoms with Gasteiger partial charge < -0.3 is 20.6 Å². The molecule has 0 aliphatic rings. The number of aliphatic imine (C=N–C) groups is 1. The predicted octanol–water partition coefficient (Wildman–Crippen LogP) is 3.55. The Morgan fingerprint density at radius 3 is 2.43 bits per heavy atom. The van der Waals surface area contributed by atoms with Gasteiger partial charge in [-0.2, -0.15) is 0 Å². The molecule has 0 aliphatic heterocycles. The molecule has 0 saturated carbocycles. The van der Waals surface area contributed by atoms with Crippen LogP contribution in [0.3, 0.4) is 0 Å². The summed E-state index contributed by atoms with van der Waals surface area (Å²) in [5, 5.41) is 16.8. The van der Waals surface area contributed by atoms with Crippen LogP contribution in [0.25, 0.3) is 0 Å². The zero-order valence-corrected chi connectivity index (χ0v) is 19.4. The van der Waals surface area contributed by atoms with Crippen LogP contribution in [0.2, 0.25) is 0 Å². The molecule has 0 heterocycles. The molecule has 5 nitrogen and oxygen atoms in total. The van der Waals surface area contributed by atoms with Crippen LogP contribution in [-0.2, 0) is 13.1 Å². The summed E-state index contributed by atoms with van der Waals surface area (Å²) < 4.78 is 0. The van der Waals surface area contributed by atoms with Gasteiger partial charge in [0.05, 0.1) is 12.6 Å². The Morgan fingerprint density at radius 1 is 1.04 bits per heavy atom. The number of aliphatic hydroxyl groups is 1. The molecule has 154 valence electrons. The molecule has 2 aromatic rings. The molecule has 1 unspecified atom stereocenters. The molecular weight excluding hydrogens is 463 g/mol. The Labute approximate surface area is 186 Å². The van der Waals surface area contributed by atoms with Gasteiger partial charge in [-0.15, -0.1) is 24.0 Å². The quantitative estimate of drug-likeness (QED) is 0.283. The van der Waals surface area contributed by atoms with Crippen LogP contribution in [-0.4, -0.2) is 43.2 Å². The Bertz CT molecular complexity index is 707. The number of halogens is 1. The second-order valence-electron chi connectivity index (χ2n) is 6.89. The zero-order chi connectivity index (χ0) is 19.5. The maximum Gasteiger partial charge on any atom is 0.191 e. The minimum Gasteiger partial charge on any atom is -0.388 e. The summed E-state index contributed by atoms with van der Waals surface area (Å²) in [4.78, 5) is 6.83. The third kappa shape index (κ3) is 9.03. The van der Waals surface area contributed by atoms with E-state index in [0.717, 1.165) is 24.6 Å². The third-order valence-electron chi connectivity index (χ3n) is 4.15. The molecular formula is C22H33IN4O. The lowest BCUT2D eigenvalue weighted by Crippen LogP contribution is -2.38. The van der Waals surface area contributed by atoms with E-state index in [2.05, 4.69) is 58.9 Å². The molecule has 0 radical (unpaired) electrons. The first-order valence-corrected chi connectivity index (χ1v) is 9.56. The van der Waals surface area contributed by atoms with E-state index in [0.29, 0.717) is 19.5 Å². The lowest BCUT2D eigenvalue weighted by atomic mass is 10.1. The fourth-order valence-electron chi connectivity index (χ4n) is 2.87. The van der Waals surface area contributed by atoms with Gasteiger partial charge in [0.25, 0.3) is 0 Å². The van der Waals surface area contributed by atoms with Crippen LogP contribution in [0.1, 0.15) is 36.1 Å². The first-order chi connectivity index (χ1) is 13.1. The number of nitrogens with zero attached hydrogens (tertiary/aromatic N) is 2. The first-order valence-electron chi connectivity index (χ1n) is 9.56. The lowest BCUT2D eigenvalue weighted by Gasteiger charge is -2.14. The largest absolute Gasteiger partial charge is 0.388 e. The van der Waals surface area contributed by atoms with Gasteiger partial charge in [-0.25, -0.2) is 4.99 Å². The number of hydrogen-bond acceptors (Lipinski definition) is 3. The molecule has 0 bridgehead atoms. The van der Waals surface area contributed by atoms with Crippen LogP contribution in [0, 0.1) is 0 Å². The average molecular weight is 496 g/mol. The van der Waals surface area contributed by atoms with Crippen LogP contribution < -0.4 is 10.6 Å². The van der Waals surface area contributed by atoms with Crippen molar-refractivity contribution in [1.29, 1.82) is 0 Å². The van der Waals surface area contributed by atoms with Gasteiger partial charge in [0.1, 0.15) is 0 Å². The number of rotatable bonds is 9. The van der Waals surface area contributed by atoms with Crippen LogP contribution >= 0.6 is 24.0 Å². The molecule has 1 atom stereocenters.